The lowest BCUT2D eigenvalue weighted by atomic mass is 10.1. The van der Waals surface area contributed by atoms with Crippen LogP contribution in [0.5, 0.6) is 0 Å². The van der Waals surface area contributed by atoms with E-state index in [9.17, 15) is 22.8 Å². The van der Waals surface area contributed by atoms with Crippen LogP contribution in [-0.2, 0) is 21.4 Å². The van der Waals surface area contributed by atoms with Crippen LogP contribution in [-0.4, -0.2) is 31.3 Å². The van der Waals surface area contributed by atoms with Crippen LogP contribution in [0.1, 0.15) is 36.8 Å². The minimum Gasteiger partial charge on any atom is -0.468 e. The van der Waals surface area contributed by atoms with Crippen molar-refractivity contribution in [3.8, 4) is 0 Å². The average molecular weight is 461 g/mol. The summed E-state index contributed by atoms with van der Waals surface area (Å²) in [6.45, 7) is -0.130. The van der Waals surface area contributed by atoms with E-state index in [0.29, 0.717) is 10.8 Å². The molecule has 9 nitrogen and oxygen atoms in total. The molecular weight excluding hydrogens is 448 g/mol. The molecule has 1 N–H and O–H groups in total. The first-order valence-corrected chi connectivity index (χ1v) is 10.7. The molecule has 1 aliphatic rings. The van der Waals surface area contributed by atoms with Crippen LogP contribution < -0.4 is 4.72 Å². The van der Waals surface area contributed by atoms with E-state index in [1.165, 1.54) is 30.5 Å². The van der Waals surface area contributed by atoms with Crippen molar-refractivity contribution in [2.75, 3.05) is 0 Å². The van der Waals surface area contributed by atoms with Gasteiger partial charge in [-0.2, -0.15) is 0 Å². The summed E-state index contributed by atoms with van der Waals surface area (Å²) in [6, 6.07) is 12.6. The number of benzene rings is 2. The number of sulfonamides is 1. The fourth-order valence-corrected chi connectivity index (χ4v) is 4.40. The number of furan rings is 1. The van der Waals surface area contributed by atoms with Gasteiger partial charge in [0.15, 0.2) is 0 Å². The van der Waals surface area contributed by atoms with Gasteiger partial charge in [0, 0.05) is 0 Å². The molecule has 0 saturated carbocycles. The number of nitrogens with one attached hydrogen (secondary N) is 1. The fourth-order valence-electron chi connectivity index (χ4n) is 2.88. The fraction of sp³-hybridized carbons (Fsp3) is 0.0500. The van der Waals surface area contributed by atoms with E-state index < -0.39 is 27.8 Å². The van der Waals surface area contributed by atoms with Crippen molar-refractivity contribution in [1.82, 2.24) is 9.79 Å². The van der Waals surface area contributed by atoms with Crippen LogP contribution in [0.3, 0.4) is 0 Å². The van der Waals surface area contributed by atoms with Crippen LogP contribution in [0.4, 0.5) is 0 Å². The Morgan fingerprint density at radius 2 is 1.71 bits per heavy atom. The van der Waals surface area contributed by atoms with Gasteiger partial charge in [-0.1, -0.05) is 28.8 Å². The third-order valence-electron chi connectivity index (χ3n) is 4.40. The van der Waals surface area contributed by atoms with Gasteiger partial charge in [0.05, 0.1) is 34.5 Å². The van der Waals surface area contributed by atoms with Crippen LogP contribution in [0, 0.1) is 0 Å². The molecule has 158 valence electrons. The van der Waals surface area contributed by atoms with Crippen LogP contribution in [0.25, 0.3) is 0 Å². The lowest BCUT2D eigenvalue weighted by Crippen LogP contribution is -2.32. The van der Waals surface area contributed by atoms with Crippen molar-refractivity contribution in [1.29, 1.82) is 0 Å². The second kappa shape index (κ2) is 7.99. The molecule has 31 heavy (non-hydrogen) atoms. The summed E-state index contributed by atoms with van der Waals surface area (Å²) in [7, 11) is -4.11. The summed E-state index contributed by atoms with van der Waals surface area (Å²) < 4.78 is 32.6. The van der Waals surface area contributed by atoms with Gasteiger partial charge in [-0.15, -0.1) is 0 Å². The number of nitrogens with zero attached hydrogens (tertiary/aromatic N) is 1. The monoisotopic (exact) mass is 460 g/mol. The Morgan fingerprint density at radius 1 is 1.03 bits per heavy atom. The first-order valence-electron chi connectivity index (χ1n) is 8.79. The van der Waals surface area contributed by atoms with Gasteiger partial charge < -0.3 is 9.25 Å². The standard InChI is InChI=1S/C20H13ClN2O7S/c21-16-8-7-12(10-17(16)31(27,28)22-11-13-4-3-9-29-13)20(26)30-23-18(24)14-5-1-2-6-15(14)19(23)25/h1-10,22H,11H2. The Kier molecular flexibility index (Phi) is 5.36. The van der Waals surface area contributed by atoms with E-state index in [1.54, 1.807) is 24.3 Å². The number of carbonyl (C=O) groups is 3. The summed E-state index contributed by atoms with van der Waals surface area (Å²) in [6.07, 6.45) is 1.40. The highest BCUT2D eigenvalue weighted by Gasteiger charge is 2.39. The Labute approximate surface area is 181 Å². The van der Waals surface area contributed by atoms with E-state index >= 15 is 0 Å². The normalized spacial score (nSPS) is 13.4. The van der Waals surface area contributed by atoms with Gasteiger partial charge >= 0.3 is 5.97 Å². The molecule has 3 aromatic rings. The largest absolute Gasteiger partial charge is 0.468 e. The van der Waals surface area contributed by atoms with Crippen LogP contribution >= 0.6 is 11.6 Å². The van der Waals surface area contributed by atoms with E-state index in [2.05, 4.69) is 4.72 Å². The Balaban J connectivity index is 1.55. The SMILES string of the molecule is O=C(ON1C(=O)c2ccccc2C1=O)c1ccc(Cl)c(S(=O)(=O)NCc2ccco2)c1. The summed E-state index contributed by atoms with van der Waals surface area (Å²) in [5.41, 5.74) is -0.0251. The van der Waals surface area contributed by atoms with Gasteiger partial charge in [0.25, 0.3) is 11.8 Å². The zero-order chi connectivity index (χ0) is 22.2. The molecule has 2 heterocycles. The molecule has 2 amide bonds. The van der Waals surface area contributed by atoms with Crippen molar-refractivity contribution >= 4 is 39.4 Å². The number of amides is 2. The molecule has 0 saturated heterocycles. The molecule has 0 radical (unpaired) electrons. The molecule has 1 aliphatic heterocycles. The maximum Gasteiger partial charge on any atom is 0.363 e. The topological polar surface area (TPSA) is 123 Å². The minimum absolute atomic E-state index is 0.0989. The van der Waals surface area contributed by atoms with E-state index in [4.69, 9.17) is 20.9 Å². The molecule has 0 spiro atoms. The highest BCUT2D eigenvalue weighted by molar-refractivity contribution is 7.89. The summed E-state index contributed by atoms with van der Waals surface area (Å²) in [5, 5.41) is 0.203. The Bertz CT molecular complexity index is 1270. The lowest BCUT2D eigenvalue weighted by molar-refractivity contribution is -0.0584. The highest BCUT2D eigenvalue weighted by atomic mass is 35.5. The number of imide groups is 1. The molecule has 11 heteroatoms. The molecular formula is C20H13ClN2O7S. The third kappa shape index (κ3) is 3.96. The summed E-state index contributed by atoms with van der Waals surface area (Å²) in [4.78, 5) is 41.8. The predicted molar refractivity (Wildman–Crippen MR) is 107 cm³/mol. The van der Waals surface area contributed by atoms with Gasteiger partial charge in [0.2, 0.25) is 10.0 Å². The number of carbonyl (C=O) groups excluding carboxylic acids is 3. The number of rotatable bonds is 6. The molecule has 1 aromatic heterocycles. The quantitative estimate of drug-likeness (QED) is 0.561. The zero-order valence-electron chi connectivity index (χ0n) is 15.6. The Hall–Kier alpha value is -3.47. The van der Waals surface area contributed by atoms with E-state index in [1.807, 2.05) is 0 Å². The zero-order valence-corrected chi connectivity index (χ0v) is 17.1. The number of hydrogen-bond acceptors (Lipinski definition) is 7. The highest BCUT2D eigenvalue weighted by Crippen LogP contribution is 2.26. The molecule has 0 atom stereocenters. The molecule has 0 aliphatic carbocycles. The first-order chi connectivity index (χ1) is 14.8. The predicted octanol–water partition coefficient (Wildman–Crippen LogP) is 2.78. The maximum absolute atomic E-state index is 12.6. The van der Waals surface area contributed by atoms with Gasteiger partial charge in [-0.25, -0.2) is 17.9 Å². The minimum atomic E-state index is -4.11. The number of hydroxylamine groups is 2. The van der Waals surface area contributed by atoms with Gasteiger partial charge in [0.1, 0.15) is 10.7 Å². The first kappa shape index (κ1) is 20.8. The smallest absolute Gasteiger partial charge is 0.363 e. The van der Waals surface area contributed by atoms with Crippen molar-refractivity contribution < 1.29 is 32.1 Å². The molecule has 0 fully saturated rings. The molecule has 0 unspecified atom stereocenters. The molecule has 4 rings (SSSR count). The average Bonchev–Trinajstić information content (AvgIpc) is 3.36. The van der Waals surface area contributed by atoms with Crippen molar-refractivity contribution in [3.63, 3.8) is 0 Å². The summed E-state index contributed by atoms with van der Waals surface area (Å²) >= 11 is 6.01. The maximum atomic E-state index is 12.6. The van der Waals surface area contributed by atoms with Crippen molar-refractivity contribution in [2.45, 2.75) is 11.4 Å². The van der Waals surface area contributed by atoms with Gasteiger partial charge in [-0.05, 0) is 42.5 Å². The second-order valence-electron chi connectivity index (χ2n) is 6.38. The number of hydrogen-bond donors (Lipinski definition) is 1. The van der Waals surface area contributed by atoms with Crippen LogP contribution in [0.2, 0.25) is 5.02 Å². The Morgan fingerprint density at radius 3 is 2.32 bits per heavy atom. The van der Waals surface area contributed by atoms with E-state index in [0.717, 1.165) is 6.07 Å². The summed E-state index contributed by atoms with van der Waals surface area (Å²) in [5.74, 6) is -2.32. The lowest BCUT2D eigenvalue weighted by Gasteiger charge is -2.13. The molecule has 0 bridgehead atoms. The van der Waals surface area contributed by atoms with Crippen molar-refractivity contribution in [3.05, 3.63) is 88.3 Å². The van der Waals surface area contributed by atoms with Crippen LogP contribution in [0.15, 0.2) is 70.2 Å². The second-order valence-corrected chi connectivity index (χ2v) is 8.52. The van der Waals surface area contributed by atoms with Gasteiger partial charge in [-0.3, -0.25) is 9.59 Å². The third-order valence-corrected chi connectivity index (χ3v) is 6.29. The number of fused-ring (bicyclic) bond motifs is 1. The van der Waals surface area contributed by atoms with E-state index in [-0.39, 0.29) is 33.2 Å². The molecule has 2 aromatic carbocycles. The number of halogens is 1. The van der Waals surface area contributed by atoms with Crippen molar-refractivity contribution in [2.24, 2.45) is 0 Å².